The second kappa shape index (κ2) is 9.69. The Morgan fingerprint density at radius 3 is 2.63 bits per heavy atom. The van der Waals surface area contributed by atoms with Gasteiger partial charge in [-0.25, -0.2) is 0 Å². The van der Waals surface area contributed by atoms with Crippen LogP contribution in [0, 0.1) is 17.8 Å². The summed E-state index contributed by atoms with van der Waals surface area (Å²) in [5.74, 6) is -2.59. The van der Waals surface area contributed by atoms with Gasteiger partial charge in [0.15, 0.2) is 0 Å². The molecule has 8 nitrogen and oxygen atoms in total. The summed E-state index contributed by atoms with van der Waals surface area (Å²) < 4.78 is 12.1. The van der Waals surface area contributed by atoms with E-state index in [0.29, 0.717) is 13.0 Å². The van der Waals surface area contributed by atoms with Gasteiger partial charge in [-0.15, -0.1) is 0 Å². The SMILES string of the molecule is CC[C@H](C)[C@H](CO)N1C(=O)[C@@H]2[C@@H]3C(=O)OCCC=C[C@@H]3O[C@@]23C=CCN(C2CCCCC2)C(=O)C13. The number of likely N-dealkylation sites (tertiary alicyclic amines) is 1. The Hall–Kier alpha value is -2.19. The van der Waals surface area contributed by atoms with E-state index in [2.05, 4.69) is 0 Å². The van der Waals surface area contributed by atoms with E-state index in [0.717, 1.165) is 32.1 Å². The number of amides is 2. The monoisotopic (exact) mass is 486 g/mol. The maximum absolute atomic E-state index is 14.4. The molecule has 5 rings (SSSR count). The minimum atomic E-state index is -1.26. The molecule has 8 heteroatoms. The van der Waals surface area contributed by atoms with Crippen molar-refractivity contribution in [1.29, 1.82) is 0 Å². The van der Waals surface area contributed by atoms with E-state index < -0.39 is 41.6 Å². The molecule has 7 atom stereocenters. The van der Waals surface area contributed by atoms with Crippen LogP contribution >= 0.6 is 0 Å². The van der Waals surface area contributed by atoms with E-state index in [1.807, 2.05) is 43.1 Å². The number of aliphatic hydroxyl groups is 1. The van der Waals surface area contributed by atoms with Crippen LogP contribution in [-0.2, 0) is 23.9 Å². The molecule has 1 spiro atoms. The maximum Gasteiger partial charge on any atom is 0.312 e. The lowest BCUT2D eigenvalue weighted by atomic mass is 9.77. The number of nitrogens with zero attached hydrogens (tertiary/aromatic N) is 2. The third-order valence-electron chi connectivity index (χ3n) is 8.95. The number of cyclic esters (lactones) is 1. The first-order chi connectivity index (χ1) is 16.9. The maximum atomic E-state index is 14.4. The third-order valence-corrected chi connectivity index (χ3v) is 8.95. The lowest BCUT2D eigenvalue weighted by Crippen LogP contribution is -2.60. The van der Waals surface area contributed by atoms with E-state index in [1.165, 1.54) is 6.42 Å². The normalized spacial score (nSPS) is 37.2. The smallest absolute Gasteiger partial charge is 0.312 e. The largest absolute Gasteiger partial charge is 0.465 e. The predicted molar refractivity (Wildman–Crippen MR) is 128 cm³/mol. The lowest BCUT2D eigenvalue weighted by molar-refractivity contribution is -0.157. The molecule has 0 aromatic rings. The first-order valence-electron chi connectivity index (χ1n) is 13.4. The van der Waals surface area contributed by atoms with Crippen LogP contribution in [0.25, 0.3) is 0 Å². The average Bonchev–Trinajstić information content (AvgIpc) is 3.24. The minimum Gasteiger partial charge on any atom is -0.465 e. The molecule has 2 amide bonds. The Balaban J connectivity index is 1.62. The second-order valence-corrected chi connectivity index (χ2v) is 10.8. The molecule has 0 aromatic heterocycles. The van der Waals surface area contributed by atoms with Gasteiger partial charge in [-0.1, -0.05) is 63.8 Å². The second-order valence-electron chi connectivity index (χ2n) is 10.8. The highest BCUT2D eigenvalue weighted by Crippen LogP contribution is 2.54. The van der Waals surface area contributed by atoms with E-state index >= 15 is 0 Å². The summed E-state index contributed by atoms with van der Waals surface area (Å²) in [5, 5.41) is 10.4. The van der Waals surface area contributed by atoms with E-state index in [1.54, 1.807) is 4.90 Å². The number of fused-ring (bicyclic) bond motifs is 2. The molecule has 0 bridgehead atoms. The van der Waals surface area contributed by atoms with Crippen molar-refractivity contribution in [3.05, 3.63) is 24.3 Å². The fraction of sp³-hybridized carbons (Fsp3) is 0.741. The van der Waals surface area contributed by atoms with Crippen molar-refractivity contribution in [3.63, 3.8) is 0 Å². The third kappa shape index (κ3) is 3.84. The molecule has 0 radical (unpaired) electrons. The number of carbonyl (C=O) groups excluding carboxylic acids is 3. The Kier molecular flexibility index (Phi) is 6.79. The van der Waals surface area contributed by atoms with Gasteiger partial charge in [-0.3, -0.25) is 14.4 Å². The highest BCUT2D eigenvalue weighted by Gasteiger charge is 2.72. The van der Waals surface area contributed by atoms with Crippen LogP contribution in [0.2, 0.25) is 0 Å². The van der Waals surface area contributed by atoms with E-state index in [4.69, 9.17) is 9.47 Å². The quantitative estimate of drug-likeness (QED) is 0.473. The van der Waals surface area contributed by atoms with Gasteiger partial charge in [-0.05, 0) is 25.2 Å². The molecule has 4 heterocycles. The van der Waals surface area contributed by atoms with Crippen LogP contribution < -0.4 is 0 Å². The number of esters is 1. The average molecular weight is 487 g/mol. The molecule has 0 aromatic carbocycles. The van der Waals surface area contributed by atoms with Crippen LogP contribution in [0.15, 0.2) is 24.3 Å². The molecule has 4 aliphatic heterocycles. The van der Waals surface area contributed by atoms with Crippen molar-refractivity contribution in [2.75, 3.05) is 19.8 Å². The highest BCUT2D eigenvalue weighted by atomic mass is 16.6. The Bertz CT molecular complexity index is 911. The molecule has 1 unspecified atom stereocenters. The van der Waals surface area contributed by atoms with Crippen molar-refractivity contribution in [2.24, 2.45) is 17.8 Å². The molecular weight excluding hydrogens is 448 g/mol. The van der Waals surface area contributed by atoms with Crippen molar-refractivity contribution < 1.29 is 29.0 Å². The van der Waals surface area contributed by atoms with Gasteiger partial charge in [0.05, 0.1) is 31.3 Å². The van der Waals surface area contributed by atoms with Gasteiger partial charge in [0.1, 0.15) is 17.6 Å². The molecule has 1 N–H and O–H groups in total. The van der Waals surface area contributed by atoms with E-state index in [9.17, 15) is 19.5 Å². The zero-order valence-electron chi connectivity index (χ0n) is 20.8. The van der Waals surface area contributed by atoms with Gasteiger partial charge in [-0.2, -0.15) is 0 Å². The Labute approximate surface area is 207 Å². The molecule has 35 heavy (non-hydrogen) atoms. The van der Waals surface area contributed by atoms with Crippen molar-refractivity contribution in [2.45, 2.75) is 88.6 Å². The minimum absolute atomic E-state index is 0.0250. The molecule has 3 fully saturated rings. The number of rotatable bonds is 5. The summed E-state index contributed by atoms with van der Waals surface area (Å²) in [6.07, 6.45) is 13.5. The summed E-state index contributed by atoms with van der Waals surface area (Å²) in [7, 11) is 0. The van der Waals surface area contributed by atoms with Crippen LogP contribution in [0.3, 0.4) is 0 Å². The van der Waals surface area contributed by atoms with Crippen molar-refractivity contribution >= 4 is 17.8 Å². The molecule has 1 aliphatic carbocycles. The van der Waals surface area contributed by atoms with Gasteiger partial charge >= 0.3 is 5.97 Å². The molecular formula is C27H38N2O6. The molecule has 1 saturated carbocycles. The first-order valence-corrected chi connectivity index (χ1v) is 13.4. The highest BCUT2D eigenvalue weighted by molar-refractivity contribution is 5.99. The van der Waals surface area contributed by atoms with Gasteiger partial charge in [0.25, 0.3) is 0 Å². The van der Waals surface area contributed by atoms with Crippen LogP contribution in [0.5, 0.6) is 0 Å². The van der Waals surface area contributed by atoms with Gasteiger partial charge < -0.3 is 24.4 Å². The van der Waals surface area contributed by atoms with Gasteiger partial charge in [0.2, 0.25) is 11.8 Å². The van der Waals surface area contributed by atoms with Crippen LogP contribution in [-0.4, -0.2) is 82.3 Å². The molecule has 192 valence electrons. The fourth-order valence-corrected chi connectivity index (χ4v) is 6.96. The van der Waals surface area contributed by atoms with Crippen LogP contribution in [0.4, 0.5) is 0 Å². The number of carbonyl (C=O) groups is 3. The Morgan fingerprint density at radius 2 is 1.91 bits per heavy atom. The number of aliphatic hydroxyl groups excluding tert-OH is 1. The standard InChI is InChI=1S/C27H38N2O6/c1-3-17(2)19(16-30)29-23-25(32)28(18-10-5-4-6-11-18)14-9-13-27(23)22(24(29)31)21-20(35-27)12-7-8-15-34-26(21)33/h7,9,12-13,17-23,30H,3-6,8,10-11,14-16H2,1-2H3/t17-,19-,20-,21+,22-,23?,27-/m0/s1. The summed E-state index contributed by atoms with van der Waals surface area (Å²) in [4.78, 5) is 45.2. The fourth-order valence-electron chi connectivity index (χ4n) is 6.96. The van der Waals surface area contributed by atoms with Gasteiger partial charge in [0, 0.05) is 12.6 Å². The zero-order chi connectivity index (χ0) is 24.7. The summed E-state index contributed by atoms with van der Waals surface area (Å²) in [6, 6.07) is -1.32. The zero-order valence-corrected chi connectivity index (χ0v) is 20.8. The molecule has 5 aliphatic rings. The number of hydrogen-bond acceptors (Lipinski definition) is 6. The molecule has 2 saturated heterocycles. The van der Waals surface area contributed by atoms with Crippen molar-refractivity contribution in [3.8, 4) is 0 Å². The van der Waals surface area contributed by atoms with E-state index in [-0.39, 0.29) is 37.0 Å². The number of ether oxygens (including phenoxy) is 2. The topological polar surface area (TPSA) is 96.4 Å². The number of hydrogen-bond donors (Lipinski definition) is 1. The predicted octanol–water partition coefficient (Wildman–Crippen LogP) is 2.21. The lowest BCUT2D eigenvalue weighted by Gasteiger charge is -2.42. The summed E-state index contributed by atoms with van der Waals surface area (Å²) in [6.45, 7) is 4.47. The summed E-state index contributed by atoms with van der Waals surface area (Å²) in [5.41, 5.74) is -1.26. The summed E-state index contributed by atoms with van der Waals surface area (Å²) >= 11 is 0. The first kappa shape index (κ1) is 24.5. The Morgan fingerprint density at radius 1 is 1.14 bits per heavy atom. The van der Waals surface area contributed by atoms with Crippen molar-refractivity contribution in [1.82, 2.24) is 9.80 Å². The van der Waals surface area contributed by atoms with Crippen LogP contribution in [0.1, 0.15) is 58.8 Å².